The van der Waals surface area contributed by atoms with E-state index in [1.165, 1.54) is 0 Å². The van der Waals surface area contributed by atoms with E-state index in [9.17, 15) is 8.42 Å². The van der Waals surface area contributed by atoms with Crippen LogP contribution in [0.4, 0.5) is 11.6 Å². The first kappa shape index (κ1) is 19.6. The van der Waals surface area contributed by atoms with Crippen LogP contribution in [0.25, 0.3) is 0 Å². The normalized spacial score (nSPS) is 16.0. The summed E-state index contributed by atoms with van der Waals surface area (Å²) < 4.78 is 29.6. The number of hydrogen-bond acceptors (Lipinski definition) is 7. The van der Waals surface area contributed by atoms with Crippen molar-refractivity contribution in [3.8, 4) is 0 Å². The summed E-state index contributed by atoms with van der Waals surface area (Å²) >= 11 is 0. The molecular weight excluding hydrogens is 366 g/mol. The highest BCUT2D eigenvalue weighted by atomic mass is 32.2. The Morgan fingerprint density at radius 1 is 1.07 bits per heavy atom. The van der Waals surface area contributed by atoms with Gasteiger partial charge in [-0.15, -0.1) is 10.2 Å². The number of sulfonamides is 1. The average molecular weight is 394 g/mol. The van der Waals surface area contributed by atoms with Crippen LogP contribution in [0.1, 0.15) is 18.3 Å². The van der Waals surface area contributed by atoms with Gasteiger partial charge >= 0.3 is 0 Å². The zero-order chi connectivity index (χ0) is 19.8. The van der Waals surface area contributed by atoms with Crippen molar-refractivity contribution >= 4 is 21.7 Å². The second-order valence-electron chi connectivity index (χ2n) is 6.85. The van der Waals surface area contributed by atoms with E-state index in [-0.39, 0.29) is 0 Å². The number of anilines is 2. The summed E-state index contributed by atoms with van der Waals surface area (Å²) in [5, 5.41) is 12.8. The first-order valence-electron chi connectivity index (χ1n) is 9.06. The minimum Gasteiger partial charge on any atom is -0.361 e. The zero-order valence-electron chi connectivity index (χ0n) is 16.5. The molecule has 0 saturated carbocycles. The fraction of sp³-hybridized carbons (Fsp3) is 0.588. The van der Waals surface area contributed by atoms with Crippen LogP contribution in [-0.2, 0) is 16.6 Å². The Hall–Kier alpha value is -2.20. The van der Waals surface area contributed by atoms with Crippen molar-refractivity contribution in [1.29, 1.82) is 0 Å². The Kier molecular flexibility index (Phi) is 5.38. The van der Waals surface area contributed by atoms with Gasteiger partial charge in [-0.2, -0.15) is 9.40 Å². The molecule has 27 heavy (non-hydrogen) atoms. The van der Waals surface area contributed by atoms with Crippen LogP contribution in [0.2, 0.25) is 0 Å². The van der Waals surface area contributed by atoms with Gasteiger partial charge in [-0.25, -0.2) is 8.42 Å². The molecule has 1 aliphatic rings. The molecule has 9 nitrogen and oxygen atoms in total. The second-order valence-corrected chi connectivity index (χ2v) is 8.73. The lowest BCUT2D eigenvalue weighted by Crippen LogP contribution is -2.49. The van der Waals surface area contributed by atoms with E-state index in [1.54, 1.807) is 15.9 Å². The van der Waals surface area contributed by atoms with E-state index in [1.807, 2.05) is 45.0 Å². The SMILES string of the molecule is CCn1nc(C)c(S(=O)(=O)N2CCN(c3ccc(N(C)C)nn3)CC2)c1C. The Labute approximate surface area is 160 Å². The van der Waals surface area contributed by atoms with Gasteiger partial charge < -0.3 is 9.80 Å². The maximum absolute atomic E-state index is 13.1. The molecule has 3 rings (SSSR count). The second kappa shape index (κ2) is 7.43. The molecule has 0 spiro atoms. The van der Waals surface area contributed by atoms with Crippen LogP contribution in [0.5, 0.6) is 0 Å². The standard InChI is InChI=1S/C17H27N7O2S/c1-6-24-14(3)17(13(2)20-24)27(25,26)23-11-9-22(10-12-23)16-8-7-15(18-19-16)21(4)5/h7-8H,6,9-12H2,1-5H3. The lowest BCUT2D eigenvalue weighted by molar-refractivity contribution is 0.383. The smallest absolute Gasteiger partial charge is 0.246 e. The lowest BCUT2D eigenvalue weighted by atomic mass is 10.3. The molecule has 2 aromatic heterocycles. The Balaban J connectivity index is 1.74. The highest BCUT2D eigenvalue weighted by Crippen LogP contribution is 2.25. The summed E-state index contributed by atoms with van der Waals surface area (Å²) in [6.07, 6.45) is 0. The highest BCUT2D eigenvalue weighted by Gasteiger charge is 2.33. The zero-order valence-corrected chi connectivity index (χ0v) is 17.4. The Morgan fingerprint density at radius 3 is 2.22 bits per heavy atom. The van der Waals surface area contributed by atoms with E-state index >= 15 is 0 Å². The largest absolute Gasteiger partial charge is 0.361 e. The van der Waals surface area contributed by atoms with Gasteiger partial charge in [0.05, 0.1) is 11.4 Å². The van der Waals surface area contributed by atoms with Crippen molar-refractivity contribution in [3.63, 3.8) is 0 Å². The summed E-state index contributed by atoms with van der Waals surface area (Å²) in [6, 6.07) is 3.84. The van der Waals surface area contributed by atoms with Crippen molar-refractivity contribution in [1.82, 2.24) is 24.3 Å². The van der Waals surface area contributed by atoms with E-state index in [4.69, 9.17) is 0 Å². The molecular formula is C17H27N7O2S. The molecule has 1 aliphatic heterocycles. The molecule has 0 bridgehead atoms. The number of nitrogens with zero attached hydrogens (tertiary/aromatic N) is 7. The van der Waals surface area contributed by atoms with Crippen molar-refractivity contribution in [2.45, 2.75) is 32.2 Å². The van der Waals surface area contributed by atoms with Gasteiger partial charge in [-0.1, -0.05) is 0 Å². The van der Waals surface area contributed by atoms with Gasteiger partial charge in [-0.05, 0) is 32.9 Å². The minimum atomic E-state index is -3.56. The van der Waals surface area contributed by atoms with Crippen LogP contribution in [0.15, 0.2) is 17.0 Å². The van der Waals surface area contributed by atoms with Gasteiger partial charge in [-0.3, -0.25) is 4.68 Å². The number of hydrogen-bond donors (Lipinski definition) is 0. The first-order chi connectivity index (χ1) is 12.8. The highest BCUT2D eigenvalue weighted by molar-refractivity contribution is 7.89. The maximum atomic E-state index is 13.1. The van der Waals surface area contributed by atoms with Crippen molar-refractivity contribution in [2.75, 3.05) is 50.1 Å². The third-order valence-electron chi connectivity index (χ3n) is 4.87. The van der Waals surface area contributed by atoms with E-state index < -0.39 is 10.0 Å². The van der Waals surface area contributed by atoms with Crippen molar-refractivity contribution < 1.29 is 8.42 Å². The van der Waals surface area contributed by atoms with Gasteiger partial charge in [0.1, 0.15) is 4.90 Å². The first-order valence-corrected chi connectivity index (χ1v) is 10.5. The third-order valence-corrected chi connectivity index (χ3v) is 7.02. The molecule has 0 N–H and O–H groups in total. The monoisotopic (exact) mass is 393 g/mol. The van der Waals surface area contributed by atoms with Gasteiger partial charge in [0, 0.05) is 46.8 Å². The number of aryl methyl sites for hydroxylation is 2. The van der Waals surface area contributed by atoms with Crippen LogP contribution in [-0.4, -0.2) is 73.0 Å². The molecule has 1 fully saturated rings. The van der Waals surface area contributed by atoms with Gasteiger partial charge in [0.2, 0.25) is 10.0 Å². The van der Waals surface area contributed by atoms with E-state index in [0.717, 1.165) is 11.6 Å². The number of piperazine rings is 1. The summed E-state index contributed by atoms with van der Waals surface area (Å²) in [5.74, 6) is 1.56. The van der Waals surface area contributed by atoms with Crippen molar-refractivity contribution in [2.24, 2.45) is 0 Å². The molecule has 3 heterocycles. The van der Waals surface area contributed by atoms with Crippen LogP contribution < -0.4 is 9.80 Å². The molecule has 10 heteroatoms. The lowest BCUT2D eigenvalue weighted by Gasteiger charge is -2.34. The predicted molar refractivity (Wildman–Crippen MR) is 105 cm³/mol. The van der Waals surface area contributed by atoms with E-state index in [2.05, 4.69) is 20.2 Å². The molecule has 0 amide bonds. The average Bonchev–Trinajstić information content (AvgIpc) is 2.96. The number of rotatable bonds is 5. The molecule has 148 valence electrons. The quantitative estimate of drug-likeness (QED) is 0.745. The molecule has 0 atom stereocenters. The van der Waals surface area contributed by atoms with Gasteiger partial charge in [0.25, 0.3) is 0 Å². The summed E-state index contributed by atoms with van der Waals surface area (Å²) in [4.78, 5) is 4.30. The topological polar surface area (TPSA) is 87.5 Å². The van der Waals surface area contributed by atoms with Crippen molar-refractivity contribution in [3.05, 3.63) is 23.5 Å². The molecule has 0 aromatic carbocycles. The molecule has 0 aliphatic carbocycles. The number of aromatic nitrogens is 4. The van der Waals surface area contributed by atoms with Crippen LogP contribution in [0, 0.1) is 13.8 Å². The Bertz CT molecular complexity index is 898. The minimum absolute atomic E-state index is 0.341. The van der Waals surface area contributed by atoms with Crippen LogP contribution >= 0.6 is 0 Å². The predicted octanol–water partition coefficient (Wildman–Crippen LogP) is 0.887. The van der Waals surface area contributed by atoms with Gasteiger partial charge in [0.15, 0.2) is 11.6 Å². The third kappa shape index (κ3) is 3.63. The summed E-state index contributed by atoms with van der Waals surface area (Å²) in [6.45, 7) is 8.16. The maximum Gasteiger partial charge on any atom is 0.246 e. The molecule has 0 radical (unpaired) electrons. The molecule has 0 unspecified atom stereocenters. The Morgan fingerprint density at radius 2 is 1.74 bits per heavy atom. The van der Waals surface area contributed by atoms with E-state index in [0.29, 0.717) is 49.0 Å². The fourth-order valence-corrected chi connectivity index (χ4v) is 5.17. The molecule has 1 saturated heterocycles. The molecule has 2 aromatic rings. The van der Waals surface area contributed by atoms with Crippen LogP contribution in [0.3, 0.4) is 0 Å². The summed E-state index contributed by atoms with van der Waals surface area (Å²) in [7, 11) is 0.274. The summed E-state index contributed by atoms with van der Waals surface area (Å²) in [5.41, 5.74) is 1.25. The fourth-order valence-electron chi connectivity index (χ4n) is 3.37.